The molecule has 1 aromatic heterocycles. The number of carbonyl (C=O) groups is 1. The number of para-hydroxylation sites is 1. The average molecular weight is 478 g/mol. The van der Waals surface area contributed by atoms with Crippen LogP contribution >= 0.6 is 11.8 Å². The summed E-state index contributed by atoms with van der Waals surface area (Å²) in [5, 5.41) is 13.9. The second-order valence-electron chi connectivity index (χ2n) is 8.39. The number of aromatic nitrogens is 3. The Bertz CT molecular complexity index is 1120. The molecule has 0 bridgehead atoms. The molecule has 0 atom stereocenters. The lowest BCUT2D eigenvalue weighted by Gasteiger charge is -2.25. The number of hydrogen-bond acceptors (Lipinski definition) is 6. The van der Waals surface area contributed by atoms with Gasteiger partial charge in [-0.15, -0.1) is 10.2 Å². The first-order chi connectivity index (χ1) is 16.7. The molecule has 3 aromatic rings. The molecule has 178 valence electrons. The van der Waals surface area contributed by atoms with Crippen LogP contribution in [0.1, 0.15) is 56.2 Å². The first-order valence-electron chi connectivity index (χ1n) is 11.8. The van der Waals surface area contributed by atoms with E-state index in [2.05, 4.69) is 56.5 Å². The van der Waals surface area contributed by atoms with Crippen molar-refractivity contribution in [2.75, 3.05) is 12.4 Å². The van der Waals surface area contributed by atoms with E-state index in [0.717, 1.165) is 40.7 Å². The molecular weight excluding hydrogens is 446 g/mol. The number of ether oxygens (including phenoxy) is 1. The lowest BCUT2D eigenvalue weighted by Crippen LogP contribution is -2.20. The van der Waals surface area contributed by atoms with E-state index in [9.17, 15) is 4.79 Å². The number of aryl methyl sites for hydroxylation is 1. The van der Waals surface area contributed by atoms with Crippen molar-refractivity contribution in [2.24, 2.45) is 5.10 Å². The van der Waals surface area contributed by atoms with Crippen LogP contribution in [0.2, 0.25) is 0 Å². The molecule has 8 heteroatoms. The van der Waals surface area contributed by atoms with Crippen LogP contribution in [0.25, 0.3) is 11.4 Å². The zero-order chi connectivity index (χ0) is 23.8. The van der Waals surface area contributed by atoms with E-state index in [0.29, 0.717) is 12.6 Å². The van der Waals surface area contributed by atoms with E-state index in [1.807, 2.05) is 31.2 Å². The lowest BCUT2D eigenvalue weighted by atomic mass is 9.95. The number of thioether (sulfide) groups is 1. The predicted molar refractivity (Wildman–Crippen MR) is 136 cm³/mol. The number of benzene rings is 2. The van der Waals surface area contributed by atoms with Gasteiger partial charge in [0.15, 0.2) is 11.0 Å². The number of amides is 1. The molecule has 1 N–H and O–H groups in total. The van der Waals surface area contributed by atoms with Gasteiger partial charge in [0.2, 0.25) is 0 Å². The molecule has 1 heterocycles. The Morgan fingerprint density at radius 2 is 1.91 bits per heavy atom. The Morgan fingerprint density at radius 3 is 2.68 bits per heavy atom. The number of hydrazone groups is 1. The van der Waals surface area contributed by atoms with Crippen LogP contribution in [0.4, 0.5) is 0 Å². The highest BCUT2D eigenvalue weighted by Gasteiger charge is 2.24. The monoisotopic (exact) mass is 477 g/mol. The van der Waals surface area contributed by atoms with Crippen molar-refractivity contribution in [1.82, 2.24) is 20.2 Å². The summed E-state index contributed by atoms with van der Waals surface area (Å²) in [4.78, 5) is 12.5. The molecular formula is C26H31N5O2S. The first-order valence-corrected chi connectivity index (χ1v) is 12.8. The minimum absolute atomic E-state index is 0.190. The van der Waals surface area contributed by atoms with Gasteiger partial charge in [-0.3, -0.25) is 9.36 Å². The molecule has 0 saturated heterocycles. The van der Waals surface area contributed by atoms with Crippen molar-refractivity contribution < 1.29 is 9.53 Å². The largest absolute Gasteiger partial charge is 0.493 e. The normalized spacial score (nSPS) is 14.4. The van der Waals surface area contributed by atoms with Crippen LogP contribution in [0.15, 0.2) is 58.8 Å². The summed E-state index contributed by atoms with van der Waals surface area (Å²) in [6.45, 7) is 4.58. The third-order valence-electron chi connectivity index (χ3n) is 5.86. The molecule has 1 aliphatic carbocycles. The maximum Gasteiger partial charge on any atom is 0.250 e. The van der Waals surface area contributed by atoms with Gasteiger partial charge in [-0.1, -0.05) is 73.0 Å². The molecule has 1 aliphatic rings. The second-order valence-corrected chi connectivity index (χ2v) is 9.33. The molecule has 4 rings (SSSR count). The van der Waals surface area contributed by atoms with Crippen molar-refractivity contribution in [3.05, 3.63) is 59.7 Å². The standard InChI is InChI=1S/C26H31N5O2S/c1-3-33-23-12-8-7-9-21(23)17-27-28-24(32)18-34-26-30-29-25(20-15-13-19(2)14-16-20)31(26)22-10-5-4-6-11-22/h7-9,12-17,22H,3-6,10-11,18H2,1-2H3,(H,28,32). The van der Waals surface area contributed by atoms with Crippen molar-refractivity contribution in [1.29, 1.82) is 0 Å². The SMILES string of the molecule is CCOc1ccccc1C=NNC(=O)CSc1nnc(-c2ccc(C)cc2)n1C1CCCCC1. The molecule has 7 nitrogen and oxygen atoms in total. The number of carbonyl (C=O) groups excluding carboxylic acids is 1. The third kappa shape index (κ3) is 6.05. The number of nitrogens with one attached hydrogen (secondary N) is 1. The van der Waals surface area contributed by atoms with Crippen LogP contribution in [-0.4, -0.2) is 39.2 Å². The van der Waals surface area contributed by atoms with Crippen LogP contribution in [0.3, 0.4) is 0 Å². The lowest BCUT2D eigenvalue weighted by molar-refractivity contribution is -0.118. The molecule has 0 radical (unpaired) electrons. The van der Waals surface area contributed by atoms with Gasteiger partial charge in [-0.2, -0.15) is 5.10 Å². The fourth-order valence-electron chi connectivity index (χ4n) is 4.15. The zero-order valence-electron chi connectivity index (χ0n) is 19.7. The highest BCUT2D eigenvalue weighted by molar-refractivity contribution is 7.99. The van der Waals surface area contributed by atoms with Crippen molar-refractivity contribution in [2.45, 2.75) is 57.1 Å². The van der Waals surface area contributed by atoms with Crippen LogP contribution in [0.5, 0.6) is 5.75 Å². The molecule has 1 amide bonds. The van der Waals surface area contributed by atoms with E-state index in [1.165, 1.54) is 36.6 Å². The summed E-state index contributed by atoms with van der Waals surface area (Å²) in [6.07, 6.45) is 7.51. The average Bonchev–Trinajstić information content (AvgIpc) is 3.29. The highest BCUT2D eigenvalue weighted by Crippen LogP contribution is 2.35. The van der Waals surface area contributed by atoms with Gasteiger partial charge < -0.3 is 4.74 Å². The Hall–Kier alpha value is -3.13. The highest BCUT2D eigenvalue weighted by atomic mass is 32.2. The Kier molecular flexibility index (Phi) is 8.36. The summed E-state index contributed by atoms with van der Waals surface area (Å²) >= 11 is 1.40. The Labute approximate surface area is 205 Å². The van der Waals surface area contributed by atoms with Crippen LogP contribution in [-0.2, 0) is 4.79 Å². The maximum absolute atomic E-state index is 12.5. The molecule has 0 spiro atoms. The van der Waals surface area contributed by atoms with E-state index >= 15 is 0 Å². The van der Waals surface area contributed by atoms with Crippen molar-refractivity contribution >= 4 is 23.9 Å². The van der Waals surface area contributed by atoms with Crippen LogP contribution < -0.4 is 10.2 Å². The third-order valence-corrected chi connectivity index (χ3v) is 6.80. The van der Waals surface area contributed by atoms with Gasteiger partial charge in [0.1, 0.15) is 5.75 Å². The number of hydrogen-bond donors (Lipinski definition) is 1. The van der Waals surface area contributed by atoms with E-state index in [1.54, 1.807) is 6.21 Å². The summed E-state index contributed by atoms with van der Waals surface area (Å²) < 4.78 is 7.83. The number of nitrogens with zero attached hydrogens (tertiary/aromatic N) is 4. The summed E-state index contributed by atoms with van der Waals surface area (Å²) in [6, 6.07) is 16.3. The summed E-state index contributed by atoms with van der Waals surface area (Å²) in [5.74, 6) is 1.63. The number of rotatable bonds is 9. The van der Waals surface area contributed by atoms with Gasteiger partial charge in [-0.25, -0.2) is 5.43 Å². The Morgan fingerprint density at radius 1 is 1.15 bits per heavy atom. The van der Waals surface area contributed by atoms with E-state index in [4.69, 9.17) is 4.74 Å². The van der Waals surface area contributed by atoms with Gasteiger partial charge in [0, 0.05) is 17.2 Å². The fraction of sp³-hybridized carbons (Fsp3) is 0.385. The topological polar surface area (TPSA) is 81.4 Å². The van der Waals surface area contributed by atoms with E-state index in [-0.39, 0.29) is 11.7 Å². The van der Waals surface area contributed by atoms with Crippen molar-refractivity contribution in [3.8, 4) is 17.1 Å². The molecule has 1 saturated carbocycles. The maximum atomic E-state index is 12.5. The van der Waals surface area contributed by atoms with Gasteiger partial charge in [0.05, 0.1) is 18.6 Å². The quantitative estimate of drug-likeness (QED) is 0.254. The minimum Gasteiger partial charge on any atom is -0.493 e. The smallest absolute Gasteiger partial charge is 0.250 e. The van der Waals surface area contributed by atoms with Crippen molar-refractivity contribution in [3.63, 3.8) is 0 Å². The minimum atomic E-state index is -0.190. The molecule has 0 aliphatic heterocycles. The molecule has 2 aromatic carbocycles. The zero-order valence-corrected chi connectivity index (χ0v) is 20.6. The first kappa shape index (κ1) is 24.0. The van der Waals surface area contributed by atoms with E-state index < -0.39 is 0 Å². The van der Waals surface area contributed by atoms with Gasteiger partial charge >= 0.3 is 0 Å². The second kappa shape index (κ2) is 11.8. The van der Waals surface area contributed by atoms with Crippen LogP contribution in [0, 0.1) is 6.92 Å². The fourth-order valence-corrected chi connectivity index (χ4v) is 4.95. The summed E-state index contributed by atoms with van der Waals surface area (Å²) in [5.41, 5.74) is 5.69. The molecule has 1 fully saturated rings. The predicted octanol–water partition coefficient (Wildman–Crippen LogP) is 5.40. The Balaban J connectivity index is 1.44. The molecule has 34 heavy (non-hydrogen) atoms. The van der Waals surface area contributed by atoms with Gasteiger partial charge in [-0.05, 0) is 38.8 Å². The molecule has 0 unspecified atom stereocenters. The van der Waals surface area contributed by atoms with Gasteiger partial charge in [0.25, 0.3) is 5.91 Å². The summed E-state index contributed by atoms with van der Waals surface area (Å²) in [7, 11) is 0.